The molecule has 2 N–H and O–H groups in total. The number of rotatable bonds is 3. The zero-order valence-electron chi connectivity index (χ0n) is 11.5. The molecule has 0 bridgehead atoms. The highest BCUT2D eigenvalue weighted by Gasteiger charge is 2.18. The van der Waals surface area contributed by atoms with Gasteiger partial charge in [-0.05, 0) is 43.5 Å². The number of anilines is 1. The lowest BCUT2D eigenvalue weighted by Crippen LogP contribution is -2.35. The van der Waals surface area contributed by atoms with Crippen molar-refractivity contribution in [2.45, 2.75) is 19.3 Å². The Morgan fingerprint density at radius 1 is 1.29 bits per heavy atom. The van der Waals surface area contributed by atoms with Crippen LogP contribution >= 0.6 is 11.6 Å². The Balaban J connectivity index is 1.73. The van der Waals surface area contributed by atoms with Crippen molar-refractivity contribution in [3.8, 4) is 0 Å². The molecule has 0 unspecified atom stereocenters. The number of aromatic nitrogens is 1. The van der Waals surface area contributed by atoms with Crippen molar-refractivity contribution in [1.82, 2.24) is 10.4 Å². The fraction of sp³-hybridized carbons (Fsp3) is 0.250. The van der Waals surface area contributed by atoms with Crippen LogP contribution in [0.25, 0.3) is 10.9 Å². The summed E-state index contributed by atoms with van der Waals surface area (Å²) in [5.41, 5.74) is 7.40. The zero-order chi connectivity index (χ0) is 14.7. The van der Waals surface area contributed by atoms with Gasteiger partial charge in [0.05, 0.1) is 11.2 Å². The summed E-state index contributed by atoms with van der Waals surface area (Å²) in [5, 5.41) is 1.57. The molecule has 0 aliphatic heterocycles. The number of carbonyl (C=O) groups excluding carboxylic acids is 1. The van der Waals surface area contributed by atoms with Crippen LogP contribution in [-0.4, -0.2) is 10.9 Å². The van der Waals surface area contributed by atoms with Crippen molar-refractivity contribution in [2.24, 2.45) is 5.92 Å². The predicted octanol–water partition coefficient (Wildman–Crippen LogP) is 3.69. The number of benzene rings is 1. The number of hydrazine groups is 1. The number of hydrogen-bond acceptors (Lipinski definition) is 3. The molecule has 4 nitrogen and oxygen atoms in total. The standard InChI is InChI=1S/C16H16ClN3O/c17-12-6-7-13-14(8-9-18-15(13)10-12)19-20-16(21)11-4-2-1-3-5-11/h1-2,6-11H,3-5H2,(H,18,19)(H,20,21)/t11-/m0/s1. The molecule has 108 valence electrons. The van der Waals surface area contributed by atoms with E-state index in [1.807, 2.05) is 18.2 Å². The van der Waals surface area contributed by atoms with E-state index in [-0.39, 0.29) is 11.8 Å². The highest BCUT2D eigenvalue weighted by molar-refractivity contribution is 6.31. The van der Waals surface area contributed by atoms with Crippen LogP contribution in [0.3, 0.4) is 0 Å². The maximum Gasteiger partial charge on any atom is 0.241 e. The van der Waals surface area contributed by atoms with E-state index < -0.39 is 0 Å². The highest BCUT2D eigenvalue weighted by Crippen LogP contribution is 2.24. The first kappa shape index (κ1) is 13.9. The summed E-state index contributed by atoms with van der Waals surface area (Å²) in [5.74, 6) is 0.0725. The van der Waals surface area contributed by atoms with E-state index in [1.54, 1.807) is 12.3 Å². The van der Waals surface area contributed by atoms with Crippen LogP contribution in [0.4, 0.5) is 5.69 Å². The minimum atomic E-state index is 0.0262. The van der Waals surface area contributed by atoms with Gasteiger partial charge in [-0.3, -0.25) is 20.6 Å². The van der Waals surface area contributed by atoms with Gasteiger partial charge in [0.25, 0.3) is 0 Å². The molecule has 1 amide bonds. The minimum Gasteiger partial charge on any atom is -0.298 e. The Bertz CT molecular complexity index is 699. The molecular formula is C16H16ClN3O. The van der Waals surface area contributed by atoms with E-state index in [9.17, 15) is 4.79 Å². The number of amides is 1. The zero-order valence-corrected chi connectivity index (χ0v) is 12.2. The monoisotopic (exact) mass is 301 g/mol. The van der Waals surface area contributed by atoms with Crippen LogP contribution < -0.4 is 10.9 Å². The van der Waals surface area contributed by atoms with Gasteiger partial charge in [-0.15, -0.1) is 0 Å². The second-order valence-corrected chi connectivity index (χ2v) is 5.55. The lowest BCUT2D eigenvalue weighted by atomic mass is 9.94. The van der Waals surface area contributed by atoms with E-state index >= 15 is 0 Å². The number of nitrogens with zero attached hydrogens (tertiary/aromatic N) is 1. The van der Waals surface area contributed by atoms with Crippen LogP contribution in [-0.2, 0) is 4.79 Å². The summed E-state index contributed by atoms with van der Waals surface area (Å²) in [7, 11) is 0. The maximum absolute atomic E-state index is 12.1. The van der Waals surface area contributed by atoms with Gasteiger partial charge in [0.15, 0.2) is 0 Å². The van der Waals surface area contributed by atoms with Crippen LogP contribution in [0, 0.1) is 5.92 Å². The van der Waals surface area contributed by atoms with Crippen LogP contribution in [0.2, 0.25) is 5.02 Å². The molecule has 0 spiro atoms. The van der Waals surface area contributed by atoms with Crippen molar-refractivity contribution in [3.63, 3.8) is 0 Å². The van der Waals surface area contributed by atoms with Gasteiger partial charge in [-0.1, -0.05) is 23.8 Å². The summed E-state index contributed by atoms with van der Waals surface area (Å²) < 4.78 is 0. The second kappa shape index (κ2) is 6.14. The van der Waals surface area contributed by atoms with E-state index in [4.69, 9.17) is 11.6 Å². The Labute approximate surface area is 128 Å². The number of pyridine rings is 1. The Morgan fingerprint density at radius 3 is 3.00 bits per heavy atom. The third-order valence-corrected chi connectivity index (χ3v) is 3.90. The van der Waals surface area contributed by atoms with E-state index in [1.165, 1.54) is 0 Å². The van der Waals surface area contributed by atoms with Gasteiger partial charge < -0.3 is 0 Å². The molecule has 1 heterocycles. The van der Waals surface area contributed by atoms with Crippen molar-refractivity contribution in [3.05, 3.63) is 47.6 Å². The van der Waals surface area contributed by atoms with Crippen LogP contribution in [0.15, 0.2) is 42.6 Å². The van der Waals surface area contributed by atoms with E-state index in [2.05, 4.69) is 28.0 Å². The first-order valence-corrected chi connectivity index (χ1v) is 7.37. The van der Waals surface area contributed by atoms with Crippen LogP contribution in [0.5, 0.6) is 0 Å². The summed E-state index contributed by atoms with van der Waals surface area (Å²) in [6.07, 6.45) is 8.55. The van der Waals surface area contributed by atoms with Crippen molar-refractivity contribution >= 4 is 34.1 Å². The van der Waals surface area contributed by atoms with Gasteiger partial charge in [0, 0.05) is 22.5 Å². The number of hydrogen-bond donors (Lipinski definition) is 2. The smallest absolute Gasteiger partial charge is 0.241 e. The largest absolute Gasteiger partial charge is 0.298 e. The van der Waals surface area contributed by atoms with Gasteiger partial charge >= 0.3 is 0 Å². The fourth-order valence-corrected chi connectivity index (χ4v) is 2.66. The minimum absolute atomic E-state index is 0.0262. The Hall–Kier alpha value is -2.07. The van der Waals surface area contributed by atoms with Crippen LogP contribution in [0.1, 0.15) is 19.3 Å². The van der Waals surface area contributed by atoms with Gasteiger partial charge in [-0.2, -0.15) is 0 Å². The Kier molecular flexibility index (Phi) is 4.06. The number of fused-ring (bicyclic) bond motifs is 1. The molecule has 2 aromatic rings. The lowest BCUT2D eigenvalue weighted by Gasteiger charge is -2.18. The van der Waals surface area contributed by atoms with Crippen molar-refractivity contribution in [2.75, 3.05) is 5.43 Å². The molecule has 1 aromatic heterocycles. The number of nitrogens with one attached hydrogen (secondary N) is 2. The Morgan fingerprint density at radius 2 is 2.19 bits per heavy atom. The predicted molar refractivity (Wildman–Crippen MR) is 85.0 cm³/mol. The molecule has 3 rings (SSSR count). The SMILES string of the molecule is O=C(NNc1ccnc2cc(Cl)ccc12)[C@H]1CC=CCC1. The normalized spacial score (nSPS) is 17.7. The molecule has 0 fully saturated rings. The number of allylic oxidation sites excluding steroid dienone is 2. The topological polar surface area (TPSA) is 54.0 Å². The first-order valence-electron chi connectivity index (χ1n) is 6.99. The molecule has 0 radical (unpaired) electrons. The highest BCUT2D eigenvalue weighted by atomic mass is 35.5. The molecule has 1 atom stereocenters. The van der Waals surface area contributed by atoms with Gasteiger partial charge in [-0.25, -0.2) is 0 Å². The van der Waals surface area contributed by atoms with Gasteiger partial charge in [0.1, 0.15) is 0 Å². The van der Waals surface area contributed by atoms with Crippen molar-refractivity contribution < 1.29 is 4.79 Å². The maximum atomic E-state index is 12.1. The second-order valence-electron chi connectivity index (χ2n) is 5.12. The summed E-state index contributed by atoms with van der Waals surface area (Å²) in [6.45, 7) is 0. The molecule has 0 saturated carbocycles. The molecule has 0 saturated heterocycles. The third kappa shape index (κ3) is 3.16. The molecule has 1 aromatic carbocycles. The number of halogens is 1. The average Bonchev–Trinajstić information content (AvgIpc) is 2.53. The van der Waals surface area contributed by atoms with E-state index in [0.717, 1.165) is 35.9 Å². The fourth-order valence-electron chi connectivity index (χ4n) is 2.49. The first-order chi connectivity index (χ1) is 10.2. The summed E-state index contributed by atoms with van der Waals surface area (Å²) in [6, 6.07) is 7.33. The van der Waals surface area contributed by atoms with E-state index in [0.29, 0.717) is 5.02 Å². The van der Waals surface area contributed by atoms with Crippen molar-refractivity contribution in [1.29, 1.82) is 0 Å². The molecule has 5 heteroatoms. The lowest BCUT2D eigenvalue weighted by molar-refractivity contribution is -0.124. The summed E-state index contributed by atoms with van der Waals surface area (Å²) in [4.78, 5) is 16.4. The molecule has 1 aliphatic carbocycles. The molecular weight excluding hydrogens is 286 g/mol. The molecule has 21 heavy (non-hydrogen) atoms. The third-order valence-electron chi connectivity index (χ3n) is 3.66. The molecule has 1 aliphatic rings. The van der Waals surface area contributed by atoms with Gasteiger partial charge in [0.2, 0.25) is 5.91 Å². The average molecular weight is 302 g/mol. The quantitative estimate of drug-likeness (QED) is 0.671. The number of carbonyl (C=O) groups is 1. The summed E-state index contributed by atoms with van der Waals surface area (Å²) >= 11 is 5.96.